The highest BCUT2D eigenvalue weighted by Gasteiger charge is 2.35. The number of amides is 4. The molecule has 47 heavy (non-hydrogen) atoms. The molecule has 4 heterocycles. The van der Waals surface area contributed by atoms with Crippen LogP contribution in [0.4, 0.5) is 16.2 Å². The molecule has 3 saturated heterocycles. The molecule has 4 aliphatic rings. The minimum absolute atomic E-state index is 0.00536. The van der Waals surface area contributed by atoms with Crippen LogP contribution in [0.5, 0.6) is 0 Å². The van der Waals surface area contributed by atoms with E-state index in [9.17, 15) is 14.4 Å². The van der Waals surface area contributed by atoms with Crippen molar-refractivity contribution in [2.24, 2.45) is 5.92 Å². The van der Waals surface area contributed by atoms with Gasteiger partial charge in [0, 0.05) is 75.6 Å². The molecule has 2 aromatic rings. The van der Waals surface area contributed by atoms with E-state index in [1.165, 1.54) is 0 Å². The van der Waals surface area contributed by atoms with E-state index in [1.54, 1.807) is 12.1 Å². The smallest absolute Gasteiger partial charge is 0.322 e. The van der Waals surface area contributed by atoms with E-state index in [0.29, 0.717) is 74.3 Å². The Morgan fingerprint density at radius 2 is 1.68 bits per heavy atom. The second-order valence-electron chi connectivity index (χ2n) is 13.3. The first-order chi connectivity index (χ1) is 22.8. The van der Waals surface area contributed by atoms with Crippen LogP contribution in [0.15, 0.2) is 36.4 Å². The minimum Gasteiger partial charge on any atom is -0.397 e. The maximum atomic E-state index is 14.1. The van der Waals surface area contributed by atoms with Gasteiger partial charge in [0.1, 0.15) is 0 Å². The fourth-order valence-corrected chi connectivity index (χ4v) is 7.93. The average molecular weight is 660 g/mol. The average Bonchev–Trinajstić information content (AvgIpc) is 3.27. The zero-order valence-corrected chi connectivity index (χ0v) is 27.8. The van der Waals surface area contributed by atoms with Gasteiger partial charge in [-0.25, -0.2) is 4.79 Å². The van der Waals surface area contributed by atoms with Gasteiger partial charge in [-0.3, -0.25) is 14.5 Å². The Morgan fingerprint density at radius 1 is 0.957 bits per heavy atom. The van der Waals surface area contributed by atoms with Gasteiger partial charge in [-0.15, -0.1) is 6.42 Å². The summed E-state index contributed by atoms with van der Waals surface area (Å²) >= 11 is 6.42. The van der Waals surface area contributed by atoms with Crippen molar-refractivity contribution in [3.8, 4) is 12.3 Å². The summed E-state index contributed by atoms with van der Waals surface area (Å²) in [5.74, 6) is 2.00. The van der Waals surface area contributed by atoms with Gasteiger partial charge in [-0.2, -0.15) is 0 Å². The number of terminal acetylenes is 1. The molecule has 6 rings (SSSR count). The molecular weight excluding hydrogens is 614 g/mol. The summed E-state index contributed by atoms with van der Waals surface area (Å²) in [4.78, 5) is 49.2. The van der Waals surface area contributed by atoms with Crippen molar-refractivity contribution in [2.75, 3.05) is 70.0 Å². The molecule has 0 unspecified atom stereocenters. The van der Waals surface area contributed by atoms with Gasteiger partial charge in [0.15, 0.2) is 0 Å². The van der Waals surface area contributed by atoms with E-state index in [4.69, 9.17) is 23.8 Å². The number of carbonyl (C=O) groups is 3. The number of hydrogen-bond donors (Lipinski definition) is 3. The van der Waals surface area contributed by atoms with Gasteiger partial charge >= 0.3 is 6.03 Å². The van der Waals surface area contributed by atoms with E-state index >= 15 is 0 Å². The van der Waals surface area contributed by atoms with Gasteiger partial charge < -0.3 is 31.1 Å². The van der Waals surface area contributed by atoms with Crippen LogP contribution in [0.2, 0.25) is 5.02 Å². The molecule has 0 bridgehead atoms. The van der Waals surface area contributed by atoms with Crippen LogP contribution in [0.1, 0.15) is 48.8 Å². The molecule has 0 aliphatic carbocycles. The zero-order valence-electron chi connectivity index (χ0n) is 27.1. The number of nitrogens with zero attached hydrogens (tertiary/aromatic N) is 4. The number of halogens is 1. The number of nitrogens with one attached hydrogen (secondary N) is 2. The van der Waals surface area contributed by atoms with Gasteiger partial charge in [-0.05, 0) is 80.9 Å². The Morgan fingerprint density at radius 3 is 2.40 bits per heavy atom. The van der Waals surface area contributed by atoms with E-state index in [2.05, 4.69) is 27.5 Å². The second kappa shape index (κ2) is 15.0. The highest BCUT2D eigenvalue weighted by molar-refractivity contribution is 6.33. The summed E-state index contributed by atoms with van der Waals surface area (Å²) in [6.07, 6.45) is 10.6. The molecule has 3 fully saturated rings. The van der Waals surface area contributed by atoms with Crippen LogP contribution in [-0.4, -0.2) is 108 Å². The van der Waals surface area contributed by atoms with Crippen molar-refractivity contribution >= 4 is 40.8 Å². The highest BCUT2D eigenvalue weighted by Crippen LogP contribution is 2.29. The molecule has 11 heteroatoms. The van der Waals surface area contributed by atoms with Crippen LogP contribution in [-0.2, 0) is 22.4 Å². The molecule has 0 aromatic heterocycles. The first kappa shape index (κ1) is 33.1. The molecule has 10 nitrogen and oxygen atoms in total. The van der Waals surface area contributed by atoms with Gasteiger partial charge in [0.2, 0.25) is 11.8 Å². The lowest BCUT2D eigenvalue weighted by atomic mass is 9.92. The number of piperidine rings is 2. The van der Waals surface area contributed by atoms with Gasteiger partial charge in [-0.1, -0.05) is 35.7 Å². The molecule has 250 valence electrons. The number of benzene rings is 2. The van der Waals surface area contributed by atoms with Crippen molar-refractivity contribution in [3.63, 3.8) is 0 Å². The number of rotatable bonds is 7. The summed E-state index contributed by atoms with van der Waals surface area (Å²) in [7, 11) is 0. The van der Waals surface area contributed by atoms with E-state index in [-0.39, 0.29) is 30.3 Å². The summed E-state index contributed by atoms with van der Waals surface area (Å²) in [5.41, 5.74) is 9.71. The van der Waals surface area contributed by atoms with E-state index in [0.717, 1.165) is 62.3 Å². The maximum Gasteiger partial charge on any atom is 0.322 e. The highest BCUT2D eigenvalue weighted by atomic mass is 35.5. The molecule has 2 aromatic carbocycles. The largest absolute Gasteiger partial charge is 0.397 e. The molecule has 1 atom stereocenters. The van der Waals surface area contributed by atoms with Gasteiger partial charge in [0.25, 0.3) is 0 Å². The zero-order chi connectivity index (χ0) is 32.9. The Kier molecular flexibility index (Phi) is 10.6. The van der Waals surface area contributed by atoms with E-state index in [1.807, 2.05) is 32.9 Å². The fourth-order valence-electron chi connectivity index (χ4n) is 7.68. The quantitative estimate of drug-likeness (QED) is 0.310. The third-order valence-corrected chi connectivity index (χ3v) is 10.8. The van der Waals surface area contributed by atoms with Crippen molar-refractivity contribution < 1.29 is 14.4 Å². The number of likely N-dealkylation sites (tertiary alicyclic amines) is 1. The summed E-state index contributed by atoms with van der Waals surface area (Å²) < 4.78 is 0. The second-order valence-corrected chi connectivity index (χ2v) is 13.7. The summed E-state index contributed by atoms with van der Waals surface area (Å²) in [5, 5.41) is 6.85. The van der Waals surface area contributed by atoms with Crippen molar-refractivity contribution in [1.29, 1.82) is 0 Å². The number of nitrogen functional groups attached to an aromatic ring is 1. The Hall–Kier alpha value is -3.78. The van der Waals surface area contributed by atoms with Crippen LogP contribution < -0.4 is 16.4 Å². The van der Waals surface area contributed by atoms with Crippen LogP contribution >= 0.6 is 11.6 Å². The Labute approximate surface area is 282 Å². The monoisotopic (exact) mass is 659 g/mol. The van der Waals surface area contributed by atoms with Crippen molar-refractivity contribution in [3.05, 3.63) is 58.1 Å². The third kappa shape index (κ3) is 7.69. The Bertz CT molecular complexity index is 1500. The molecule has 4 N–H and O–H groups in total. The Balaban J connectivity index is 1.10. The van der Waals surface area contributed by atoms with Gasteiger partial charge in [0.05, 0.1) is 16.6 Å². The number of para-hydroxylation sites is 1. The van der Waals surface area contributed by atoms with Crippen LogP contribution in [0, 0.1) is 18.3 Å². The first-order valence-corrected chi connectivity index (χ1v) is 17.4. The number of hydrogen-bond acceptors (Lipinski definition) is 6. The van der Waals surface area contributed by atoms with Crippen molar-refractivity contribution in [1.82, 2.24) is 24.9 Å². The predicted molar refractivity (Wildman–Crippen MR) is 185 cm³/mol. The molecule has 4 amide bonds. The number of urea groups is 1. The SMILES string of the molecule is C#Cc1cc(C[C@@H](CC(=O)N2CCC(N3CCc4ccccc4NC3=O)CC2)C(=O)N2CCN(C3CCNCC3)CC2)cc(Cl)c1N. The number of fused-ring (bicyclic) bond motifs is 1. The summed E-state index contributed by atoms with van der Waals surface area (Å²) in [6.45, 7) is 6.80. The molecule has 0 radical (unpaired) electrons. The predicted octanol–water partition coefficient (Wildman–Crippen LogP) is 3.43. The topological polar surface area (TPSA) is 114 Å². The fraction of sp³-hybridized carbons (Fsp3) is 0.528. The molecule has 0 spiro atoms. The molecule has 0 saturated carbocycles. The molecular formula is C36H46ClN7O3. The maximum absolute atomic E-state index is 14.1. The van der Waals surface area contributed by atoms with Crippen LogP contribution in [0.25, 0.3) is 0 Å². The lowest BCUT2D eigenvalue weighted by Crippen LogP contribution is -2.55. The first-order valence-electron chi connectivity index (χ1n) is 17.0. The van der Waals surface area contributed by atoms with Crippen LogP contribution in [0.3, 0.4) is 0 Å². The number of anilines is 2. The lowest BCUT2D eigenvalue weighted by molar-refractivity contribution is -0.143. The number of piperazine rings is 1. The number of carbonyl (C=O) groups excluding carboxylic acids is 3. The third-order valence-electron chi connectivity index (χ3n) is 10.4. The van der Waals surface area contributed by atoms with Crippen molar-refractivity contribution in [2.45, 2.75) is 57.0 Å². The minimum atomic E-state index is -0.550. The van der Waals surface area contributed by atoms with E-state index < -0.39 is 5.92 Å². The normalized spacial score (nSPS) is 20.6. The standard InChI is InChI=1S/C36H46ClN7O3/c1-2-26-21-25(23-31(37)34(26)38)22-28(35(46)43-19-17-41(18-20-43)29-7-12-39-13-8-29)24-33(45)42-14-10-30(11-15-42)44-16-9-27-5-3-4-6-32(27)40-36(44)47/h1,3-6,21,23,28-30,39H,7-20,22,24,38H2,(H,40,47)/t28-/m0/s1. The molecule has 4 aliphatic heterocycles. The number of nitrogens with two attached hydrogens (primary N) is 1. The lowest BCUT2D eigenvalue weighted by Gasteiger charge is -2.42. The summed E-state index contributed by atoms with van der Waals surface area (Å²) in [6, 6.07) is 12.0.